The van der Waals surface area contributed by atoms with Crippen LogP contribution in [-0.4, -0.2) is 22.2 Å². The third kappa shape index (κ3) is 4.94. The Bertz CT molecular complexity index is 890. The van der Waals surface area contributed by atoms with E-state index in [0.29, 0.717) is 30.5 Å². The topological polar surface area (TPSA) is 56.2 Å². The lowest BCUT2D eigenvalue weighted by molar-refractivity contribution is 0.0939. The van der Waals surface area contributed by atoms with E-state index in [1.165, 1.54) is 16.8 Å². The lowest BCUT2D eigenvalue weighted by Crippen LogP contribution is -2.28. The smallest absolute Gasteiger partial charge is 0.275 e. The first kappa shape index (κ1) is 18.6. The second-order valence-electron chi connectivity index (χ2n) is 6.64. The molecule has 27 heavy (non-hydrogen) atoms. The molecule has 0 spiro atoms. The van der Waals surface area contributed by atoms with Crippen LogP contribution >= 0.6 is 0 Å². The maximum absolute atomic E-state index is 13.2. The molecule has 0 aliphatic carbocycles. The summed E-state index contributed by atoms with van der Waals surface area (Å²) in [5, 5.41) is 7.21. The highest BCUT2D eigenvalue weighted by molar-refractivity contribution is 5.94. The minimum Gasteiger partial charge on any atom is -0.485 e. The quantitative estimate of drug-likeness (QED) is 0.687. The van der Waals surface area contributed by atoms with Crippen molar-refractivity contribution in [3.05, 3.63) is 77.9 Å². The maximum Gasteiger partial charge on any atom is 0.275 e. The number of carbonyl (C=O) groups is 1. The van der Waals surface area contributed by atoms with Gasteiger partial charge in [0.15, 0.2) is 11.4 Å². The summed E-state index contributed by atoms with van der Waals surface area (Å²) in [6.07, 6.45) is 1.64. The highest BCUT2D eigenvalue weighted by atomic mass is 19.1. The van der Waals surface area contributed by atoms with Gasteiger partial charge in [0.1, 0.15) is 12.4 Å². The van der Waals surface area contributed by atoms with E-state index < -0.39 is 0 Å². The molecule has 1 heterocycles. The Balaban J connectivity index is 1.86. The van der Waals surface area contributed by atoms with E-state index in [9.17, 15) is 9.18 Å². The van der Waals surface area contributed by atoms with Gasteiger partial charge < -0.3 is 10.1 Å². The van der Waals surface area contributed by atoms with Crippen molar-refractivity contribution in [2.45, 2.75) is 20.5 Å². The van der Waals surface area contributed by atoms with E-state index in [2.05, 4.69) is 10.4 Å². The molecule has 1 aromatic heterocycles. The second-order valence-corrected chi connectivity index (χ2v) is 6.64. The molecule has 1 amide bonds. The minimum absolute atomic E-state index is 0.205. The van der Waals surface area contributed by atoms with E-state index in [0.717, 1.165) is 5.56 Å². The summed E-state index contributed by atoms with van der Waals surface area (Å²) in [4.78, 5) is 12.6. The van der Waals surface area contributed by atoms with E-state index in [4.69, 9.17) is 4.74 Å². The van der Waals surface area contributed by atoms with Gasteiger partial charge >= 0.3 is 0 Å². The van der Waals surface area contributed by atoms with Crippen LogP contribution in [0, 0.1) is 11.7 Å². The number of hydrogen-bond donors (Lipinski definition) is 1. The zero-order chi connectivity index (χ0) is 19.2. The Morgan fingerprint density at radius 2 is 1.85 bits per heavy atom. The first-order chi connectivity index (χ1) is 13.0. The molecule has 5 nitrogen and oxygen atoms in total. The third-order valence-electron chi connectivity index (χ3n) is 3.89. The Labute approximate surface area is 157 Å². The summed E-state index contributed by atoms with van der Waals surface area (Å²) >= 11 is 0. The molecule has 3 aromatic rings. The summed E-state index contributed by atoms with van der Waals surface area (Å²) in [5.74, 6) is 0.0697. The molecule has 6 heteroatoms. The number of carbonyl (C=O) groups excluding carboxylic acids is 1. The lowest BCUT2D eigenvalue weighted by Gasteiger charge is -2.08. The predicted octanol–water partition coefficient (Wildman–Crippen LogP) is 3.98. The van der Waals surface area contributed by atoms with Crippen molar-refractivity contribution >= 4 is 5.91 Å². The van der Waals surface area contributed by atoms with E-state index in [1.54, 1.807) is 18.3 Å². The SMILES string of the molecule is CC(C)CNC(=O)c1nn(-c2ccc(F)cc2)cc1OCc1ccccc1. The van der Waals surface area contributed by atoms with Gasteiger partial charge in [0.2, 0.25) is 0 Å². The molecule has 2 aromatic carbocycles. The van der Waals surface area contributed by atoms with Gasteiger partial charge in [-0.05, 0) is 35.7 Å². The molecule has 1 N–H and O–H groups in total. The van der Waals surface area contributed by atoms with Gasteiger partial charge in [0, 0.05) is 6.54 Å². The highest BCUT2D eigenvalue weighted by Gasteiger charge is 2.19. The lowest BCUT2D eigenvalue weighted by atomic mass is 10.2. The normalized spacial score (nSPS) is 10.8. The molecular formula is C21H22FN3O2. The molecule has 0 atom stereocenters. The van der Waals surface area contributed by atoms with Crippen molar-refractivity contribution in [1.82, 2.24) is 15.1 Å². The van der Waals surface area contributed by atoms with Gasteiger partial charge in [-0.2, -0.15) is 5.10 Å². The standard InChI is InChI=1S/C21H22FN3O2/c1-15(2)12-23-21(26)20-19(27-14-16-6-4-3-5-7-16)13-25(24-20)18-10-8-17(22)9-11-18/h3-11,13,15H,12,14H2,1-2H3,(H,23,26). The van der Waals surface area contributed by atoms with Crippen LogP contribution < -0.4 is 10.1 Å². The van der Waals surface area contributed by atoms with E-state index >= 15 is 0 Å². The summed E-state index contributed by atoms with van der Waals surface area (Å²) in [7, 11) is 0. The van der Waals surface area contributed by atoms with Crippen LogP contribution in [0.2, 0.25) is 0 Å². The molecule has 0 aliphatic heterocycles. The van der Waals surface area contributed by atoms with Crippen molar-refractivity contribution in [2.75, 3.05) is 6.54 Å². The Morgan fingerprint density at radius 1 is 1.15 bits per heavy atom. The Kier molecular flexibility index (Phi) is 5.86. The van der Waals surface area contributed by atoms with Gasteiger partial charge in [-0.3, -0.25) is 4.79 Å². The Hall–Kier alpha value is -3.15. The number of nitrogens with zero attached hydrogens (tertiary/aromatic N) is 2. The molecule has 0 bridgehead atoms. The first-order valence-electron chi connectivity index (χ1n) is 8.83. The van der Waals surface area contributed by atoms with Crippen LogP contribution in [0.4, 0.5) is 4.39 Å². The number of nitrogens with one attached hydrogen (secondary N) is 1. The maximum atomic E-state index is 13.2. The number of aromatic nitrogens is 2. The monoisotopic (exact) mass is 367 g/mol. The molecule has 0 fully saturated rings. The van der Waals surface area contributed by atoms with Gasteiger partial charge in [-0.15, -0.1) is 0 Å². The van der Waals surface area contributed by atoms with Crippen molar-refractivity contribution in [3.8, 4) is 11.4 Å². The molecule has 140 valence electrons. The van der Waals surface area contributed by atoms with Gasteiger partial charge in [0.25, 0.3) is 5.91 Å². The summed E-state index contributed by atoms with van der Waals surface area (Å²) in [6, 6.07) is 15.6. The van der Waals surface area contributed by atoms with Crippen LogP contribution in [0.1, 0.15) is 29.9 Å². The number of benzene rings is 2. The third-order valence-corrected chi connectivity index (χ3v) is 3.89. The van der Waals surface area contributed by atoms with Gasteiger partial charge in [0.05, 0.1) is 11.9 Å². The van der Waals surface area contributed by atoms with Crippen molar-refractivity contribution < 1.29 is 13.9 Å². The minimum atomic E-state index is -0.332. The first-order valence-corrected chi connectivity index (χ1v) is 8.83. The fraction of sp³-hybridized carbons (Fsp3) is 0.238. The van der Waals surface area contributed by atoms with Crippen LogP contribution in [0.15, 0.2) is 60.8 Å². The largest absolute Gasteiger partial charge is 0.485 e. The predicted molar refractivity (Wildman–Crippen MR) is 101 cm³/mol. The molecule has 0 unspecified atom stereocenters. The number of rotatable bonds is 7. The summed E-state index contributed by atoms with van der Waals surface area (Å²) in [5.41, 5.74) is 1.83. The molecule has 0 radical (unpaired) electrons. The van der Waals surface area contributed by atoms with Crippen molar-refractivity contribution in [1.29, 1.82) is 0 Å². The average molecular weight is 367 g/mol. The van der Waals surface area contributed by atoms with Crippen molar-refractivity contribution in [2.24, 2.45) is 5.92 Å². The second kappa shape index (κ2) is 8.49. The van der Waals surface area contributed by atoms with Crippen molar-refractivity contribution in [3.63, 3.8) is 0 Å². The highest BCUT2D eigenvalue weighted by Crippen LogP contribution is 2.21. The molecule has 0 saturated heterocycles. The number of hydrogen-bond acceptors (Lipinski definition) is 3. The fourth-order valence-corrected chi connectivity index (χ4v) is 2.46. The molecular weight excluding hydrogens is 345 g/mol. The van der Waals surface area contributed by atoms with Crippen LogP contribution in [0.5, 0.6) is 5.75 Å². The average Bonchev–Trinajstić information content (AvgIpc) is 3.10. The van der Waals surface area contributed by atoms with Gasteiger partial charge in [-0.1, -0.05) is 44.2 Å². The van der Waals surface area contributed by atoms with E-state index in [1.807, 2.05) is 44.2 Å². The zero-order valence-corrected chi connectivity index (χ0v) is 15.4. The van der Waals surface area contributed by atoms with Gasteiger partial charge in [-0.25, -0.2) is 9.07 Å². The summed E-state index contributed by atoms with van der Waals surface area (Å²) < 4.78 is 20.6. The number of amides is 1. The number of ether oxygens (including phenoxy) is 1. The summed E-state index contributed by atoms with van der Waals surface area (Å²) in [6.45, 7) is 4.90. The molecule has 3 rings (SSSR count). The van der Waals surface area contributed by atoms with Crippen LogP contribution in [0.25, 0.3) is 5.69 Å². The van der Waals surface area contributed by atoms with Crippen LogP contribution in [-0.2, 0) is 6.61 Å². The zero-order valence-electron chi connectivity index (χ0n) is 15.4. The van der Waals surface area contributed by atoms with Crippen LogP contribution in [0.3, 0.4) is 0 Å². The fourth-order valence-electron chi connectivity index (χ4n) is 2.46. The molecule has 0 aliphatic rings. The van der Waals surface area contributed by atoms with E-state index in [-0.39, 0.29) is 17.4 Å². The molecule has 0 saturated carbocycles. The number of halogens is 1. The Morgan fingerprint density at radius 3 is 2.52 bits per heavy atom.